The van der Waals surface area contributed by atoms with Crippen LogP contribution in [0.4, 0.5) is 10.8 Å². The molecule has 3 N–H and O–H groups in total. The second-order valence-corrected chi connectivity index (χ2v) is 6.99. The zero-order chi connectivity index (χ0) is 18.4. The van der Waals surface area contributed by atoms with Crippen LogP contribution in [-0.2, 0) is 9.53 Å². The summed E-state index contributed by atoms with van der Waals surface area (Å²) in [6.07, 6.45) is 6.74. The van der Waals surface area contributed by atoms with Crippen molar-refractivity contribution in [2.24, 2.45) is 0 Å². The lowest BCUT2D eigenvalue weighted by atomic mass is 9.98. The van der Waals surface area contributed by atoms with E-state index in [0.717, 1.165) is 25.7 Å². The largest absolute Gasteiger partial charge is 0.482 e. The van der Waals surface area contributed by atoms with Crippen molar-refractivity contribution in [3.05, 3.63) is 35.3 Å². The molecule has 1 amide bonds. The Hall–Kier alpha value is -2.61. The molecule has 8 heteroatoms. The monoisotopic (exact) mass is 375 g/mol. The van der Waals surface area contributed by atoms with E-state index in [1.807, 2.05) is 0 Å². The number of esters is 1. The van der Waals surface area contributed by atoms with Crippen LogP contribution in [-0.4, -0.2) is 29.6 Å². The summed E-state index contributed by atoms with van der Waals surface area (Å²) in [7, 11) is 0. The van der Waals surface area contributed by atoms with Gasteiger partial charge in [0.05, 0.1) is 11.3 Å². The molecule has 2 aromatic rings. The van der Waals surface area contributed by atoms with Crippen molar-refractivity contribution >= 4 is 34.0 Å². The van der Waals surface area contributed by atoms with E-state index in [2.05, 4.69) is 10.3 Å². The van der Waals surface area contributed by atoms with Crippen LogP contribution < -0.4 is 15.8 Å². The van der Waals surface area contributed by atoms with Crippen LogP contribution in [0, 0.1) is 0 Å². The van der Waals surface area contributed by atoms with Crippen LogP contribution >= 0.6 is 11.3 Å². The van der Waals surface area contributed by atoms with E-state index < -0.39 is 5.97 Å². The van der Waals surface area contributed by atoms with Gasteiger partial charge in [0.15, 0.2) is 11.7 Å². The van der Waals surface area contributed by atoms with Gasteiger partial charge in [0, 0.05) is 11.6 Å². The first-order valence-electron chi connectivity index (χ1n) is 8.54. The Morgan fingerprint density at radius 1 is 1.27 bits per heavy atom. The summed E-state index contributed by atoms with van der Waals surface area (Å²) in [5.41, 5.74) is 6.59. The molecule has 1 aliphatic carbocycles. The Balaban J connectivity index is 1.57. The molecule has 3 rings (SSSR count). The molecule has 0 aliphatic heterocycles. The number of benzene rings is 1. The first-order valence-corrected chi connectivity index (χ1v) is 9.42. The van der Waals surface area contributed by atoms with Crippen LogP contribution in [0.3, 0.4) is 0 Å². The number of nitrogens with one attached hydrogen (secondary N) is 1. The van der Waals surface area contributed by atoms with Crippen molar-refractivity contribution in [3.8, 4) is 5.75 Å². The third kappa shape index (κ3) is 4.95. The second kappa shape index (κ2) is 8.66. The highest BCUT2D eigenvalue weighted by Crippen LogP contribution is 2.25. The van der Waals surface area contributed by atoms with Gasteiger partial charge in [-0.15, -0.1) is 11.3 Å². The molecule has 1 saturated carbocycles. The zero-order valence-electron chi connectivity index (χ0n) is 14.3. The summed E-state index contributed by atoms with van der Waals surface area (Å²) in [6.45, 7) is -0.231. The fraction of sp³-hybridized carbons (Fsp3) is 0.389. The summed E-state index contributed by atoms with van der Waals surface area (Å²) in [4.78, 5) is 28.2. The second-order valence-electron chi connectivity index (χ2n) is 6.09. The van der Waals surface area contributed by atoms with Crippen molar-refractivity contribution in [1.29, 1.82) is 0 Å². The number of aromatic nitrogens is 1. The molecule has 1 aliphatic rings. The third-order valence-electron chi connectivity index (χ3n) is 4.11. The van der Waals surface area contributed by atoms with Gasteiger partial charge in [0.25, 0.3) is 5.91 Å². The van der Waals surface area contributed by atoms with E-state index in [0.29, 0.717) is 16.4 Å². The number of rotatable bonds is 6. The number of amides is 1. The Labute approximate surface area is 155 Å². The number of carbonyl (C=O) groups excluding carboxylic acids is 2. The van der Waals surface area contributed by atoms with Crippen molar-refractivity contribution < 1.29 is 19.1 Å². The standard InChI is InChI=1S/C18H21N3O4S/c19-14-7-6-12(17(23)25-13-4-2-1-3-5-13)10-15(14)24-11-16(22)21-18-20-8-9-26-18/h6-10,13H,1-5,11,19H2,(H,20,21,22). The van der Waals surface area contributed by atoms with Gasteiger partial charge >= 0.3 is 5.97 Å². The molecule has 1 fully saturated rings. The van der Waals surface area contributed by atoms with Crippen LogP contribution in [0.1, 0.15) is 42.5 Å². The van der Waals surface area contributed by atoms with Gasteiger partial charge < -0.3 is 15.2 Å². The summed E-state index contributed by atoms with van der Waals surface area (Å²) in [5.74, 6) is -0.471. The Bertz CT molecular complexity index is 758. The van der Waals surface area contributed by atoms with E-state index in [1.54, 1.807) is 23.7 Å². The minimum Gasteiger partial charge on any atom is -0.482 e. The molecule has 1 aromatic carbocycles. The topological polar surface area (TPSA) is 104 Å². The highest BCUT2D eigenvalue weighted by molar-refractivity contribution is 7.13. The quantitative estimate of drug-likeness (QED) is 0.593. The van der Waals surface area contributed by atoms with E-state index in [4.69, 9.17) is 15.2 Å². The number of thiazole rings is 1. The van der Waals surface area contributed by atoms with Gasteiger partial charge in [-0.25, -0.2) is 9.78 Å². The highest BCUT2D eigenvalue weighted by Gasteiger charge is 2.19. The molecule has 7 nitrogen and oxygen atoms in total. The molecule has 26 heavy (non-hydrogen) atoms. The minimum atomic E-state index is -0.394. The van der Waals surface area contributed by atoms with Gasteiger partial charge in [-0.3, -0.25) is 10.1 Å². The number of hydrogen-bond donors (Lipinski definition) is 2. The molecule has 0 radical (unpaired) electrons. The van der Waals surface area contributed by atoms with Gasteiger partial charge in [-0.05, 0) is 43.9 Å². The van der Waals surface area contributed by atoms with Crippen molar-refractivity contribution in [3.63, 3.8) is 0 Å². The Morgan fingerprint density at radius 3 is 2.81 bits per heavy atom. The van der Waals surface area contributed by atoms with Gasteiger partial charge in [0.2, 0.25) is 0 Å². The normalized spacial score (nSPS) is 14.6. The molecule has 0 atom stereocenters. The van der Waals surface area contributed by atoms with E-state index >= 15 is 0 Å². The fourth-order valence-corrected chi connectivity index (χ4v) is 3.32. The summed E-state index contributed by atoms with van der Waals surface area (Å²) >= 11 is 1.31. The molecule has 0 unspecified atom stereocenters. The number of hydrogen-bond acceptors (Lipinski definition) is 7. The Morgan fingerprint density at radius 2 is 2.08 bits per heavy atom. The highest BCUT2D eigenvalue weighted by atomic mass is 32.1. The van der Waals surface area contributed by atoms with E-state index in [-0.39, 0.29) is 24.4 Å². The lowest BCUT2D eigenvalue weighted by molar-refractivity contribution is -0.118. The lowest BCUT2D eigenvalue weighted by Crippen LogP contribution is -2.22. The molecule has 0 spiro atoms. The third-order valence-corrected chi connectivity index (χ3v) is 4.80. The Kier molecular flexibility index (Phi) is 6.06. The lowest BCUT2D eigenvalue weighted by Gasteiger charge is -2.22. The molecular weight excluding hydrogens is 354 g/mol. The van der Waals surface area contributed by atoms with Crippen LogP contribution in [0.5, 0.6) is 5.75 Å². The molecule has 0 saturated heterocycles. The minimum absolute atomic E-state index is 0.0257. The zero-order valence-corrected chi connectivity index (χ0v) is 15.1. The maximum Gasteiger partial charge on any atom is 0.338 e. The van der Waals surface area contributed by atoms with Gasteiger partial charge in [-0.1, -0.05) is 6.42 Å². The first-order chi connectivity index (χ1) is 12.6. The summed E-state index contributed by atoms with van der Waals surface area (Å²) in [5, 5.41) is 4.87. The number of anilines is 2. The summed E-state index contributed by atoms with van der Waals surface area (Å²) in [6, 6.07) is 4.69. The average Bonchev–Trinajstić information content (AvgIpc) is 3.14. The van der Waals surface area contributed by atoms with Crippen molar-refractivity contribution in [2.75, 3.05) is 17.7 Å². The number of nitrogens with two attached hydrogens (primary N) is 1. The maximum atomic E-state index is 12.3. The van der Waals surface area contributed by atoms with E-state index in [1.165, 1.54) is 23.8 Å². The molecular formula is C18H21N3O4S. The number of carbonyl (C=O) groups is 2. The van der Waals surface area contributed by atoms with Crippen LogP contribution in [0.25, 0.3) is 0 Å². The first kappa shape index (κ1) is 18.2. The predicted octanol–water partition coefficient (Wildman–Crippen LogP) is 3.23. The molecule has 0 bridgehead atoms. The number of nitrogens with zero attached hydrogens (tertiary/aromatic N) is 1. The SMILES string of the molecule is Nc1ccc(C(=O)OC2CCCCC2)cc1OCC(=O)Nc1nccs1. The fourth-order valence-electron chi connectivity index (χ4n) is 2.77. The molecule has 138 valence electrons. The van der Waals surface area contributed by atoms with Crippen LogP contribution in [0.15, 0.2) is 29.8 Å². The van der Waals surface area contributed by atoms with E-state index in [9.17, 15) is 9.59 Å². The number of nitrogen functional groups attached to an aromatic ring is 1. The summed E-state index contributed by atoms with van der Waals surface area (Å²) < 4.78 is 11.0. The predicted molar refractivity (Wildman–Crippen MR) is 99.4 cm³/mol. The van der Waals surface area contributed by atoms with Crippen molar-refractivity contribution in [1.82, 2.24) is 4.98 Å². The van der Waals surface area contributed by atoms with Crippen molar-refractivity contribution in [2.45, 2.75) is 38.2 Å². The maximum absolute atomic E-state index is 12.3. The average molecular weight is 375 g/mol. The smallest absolute Gasteiger partial charge is 0.338 e. The van der Waals surface area contributed by atoms with Gasteiger partial charge in [-0.2, -0.15) is 0 Å². The van der Waals surface area contributed by atoms with Crippen LogP contribution in [0.2, 0.25) is 0 Å². The number of ether oxygens (including phenoxy) is 2. The molecule has 1 heterocycles. The molecule has 1 aromatic heterocycles. The van der Waals surface area contributed by atoms with Gasteiger partial charge in [0.1, 0.15) is 11.9 Å².